The zero-order chi connectivity index (χ0) is 15.6. The molecule has 0 aliphatic carbocycles. The first-order chi connectivity index (χ1) is 9.90. The van der Waals surface area contributed by atoms with Crippen molar-refractivity contribution in [3.05, 3.63) is 29.3 Å². The minimum Gasteiger partial charge on any atom is -0.478 e. The molecular weight excluding hydrogens is 274 g/mol. The van der Waals surface area contributed by atoms with Crippen molar-refractivity contribution in [2.24, 2.45) is 5.73 Å². The average Bonchev–Trinajstić information content (AvgIpc) is 2.44. The van der Waals surface area contributed by atoms with E-state index in [2.05, 4.69) is 5.32 Å². The number of amides is 3. The Morgan fingerprint density at radius 3 is 2.71 bits per heavy atom. The van der Waals surface area contributed by atoms with Gasteiger partial charge in [0.1, 0.15) is 6.04 Å². The highest BCUT2D eigenvalue weighted by Gasteiger charge is 2.27. The number of anilines is 1. The molecule has 1 unspecified atom stereocenters. The lowest BCUT2D eigenvalue weighted by Gasteiger charge is -2.35. The Kier molecular flexibility index (Phi) is 4.11. The Labute approximate surface area is 121 Å². The fourth-order valence-electron chi connectivity index (χ4n) is 2.53. The SMILES string of the molecule is CC(C(=O)NC(N)=O)N1CCCc2cc(C(=O)O)ccc21. The number of aryl methyl sites for hydroxylation is 1. The van der Waals surface area contributed by atoms with Crippen molar-refractivity contribution in [2.75, 3.05) is 11.4 Å². The fourth-order valence-corrected chi connectivity index (χ4v) is 2.53. The zero-order valence-electron chi connectivity index (χ0n) is 11.6. The van der Waals surface area contributed by atoms with Crippen LogP contribution in [0.4, 0.5) is 10.5 Å². The summed E-state index contributed by atoms with van der Waals surface area (Å²) in [6, 6.07) is 3.39. The molecule has 3 amide bonds. The number of carbonyl (C=O) groups is 3. The Morgan fingerprint density at radius 2 is 2.10 bits per heavy atom. The second kappa shape index (κ2) is 5.82. The van der Waals surface area contributed by atoms with Gasteiger partial charge in [0.15, 0.2) is 0 Å². The van der Waals surface area contributed by atoms with Crippen LogP contribution in [0.3, 0.4) is 0 Å². The third-order valence-electron chi connectivity index (χ3n) is 3.57. The minimum absolute atomic E-state index is 0.227. The highest BCUT2D eigenvalue weighted by atomic mass is 16.4. The lowest BCUT2D eigenvalue weighted by molar-refractivity contribution is -0.120. The van der Waals surface area contributed by atoms with E-state index in [-0.39, 0.29) is 5.56 Å². The molecule has 2 rings (SSSR count). The van der Waals surface area contributed by atoms with Crippen molar-refractivity contribution in [1.29, 1.82) is 0 Å². The monoisotopic (exact) mass is 291 g/mol. The summed E-state index contributed by atoms with van der Waals surface area (Å²) in [5, 5.41) is 11.1. The number of nitrogens with one attached hydrogen (secondary N) is 1. The van der Waals surface area contributed by atoms with Gasteiger partial charge in [-0.05, 0) is 43.5 Å². The van der Waals surface area contributed by atoms with Crippen molar-refractivity contribution < 1.29 is 19.5 Å². The van der Waals surface area contributed by atoms with Crippen LogP contribution in [0.25, 0.3) is 0 Å². The van der Waals surface area contributed by atoms with Crippen LogP contribution >= 0.6 is 0 Å². The number of aromatic carboxylic acids is 1. The molecule has 1 aromatic rings. The minimum atomic E-state index is -0.977. The van der Waals surface area contributed by atoms with Crippen molar-refractivity contribution in [3.63, 3.8) is 0 Å². The average molecular weight is 291 g/mol. The predicted octanol–water partition coefficient (Wildman–Crippen LogP) is 0.721. The van der Waals surface area contributed by atoms with E-state index in [1.54, 1.807) is 19.1 Å². The van der Waals surface area contributed by atoms with Gasteiger partial charge in [-0.25, -0.2) is 9.59 Å². The van der Waals surface area contributed by atoms with E-state index in [1.165, 1.54) is 6.07 Å². The number of carbonyl (C=O) groups excluding carboxylic acids is 2. The van der Waals surface area contributed by atoms with E-state index in [1.807, 2.05) is 4.90 Å². The summed E-state index contributed by atoms with van der Waals surface area (Å²) in [6.45, 7) is 2.34. The Balaban J connectivity index is 2.27. The van der Waals surface area contributed by atoms with Crippen LogP contribution in [0.5, 0.6) is 0 Å². The normalized spacial score (nSPS) is 15.0. The van der Waals surface area contributed by atoms with Gasteiger partial charge < -0.3 is 15.7 Å². The van der Waals surface area contributed by atoms with E-state index in [0.29, 0.717) is 6.54 Å². The number of imide groups is 1. The Morgan fingerprint density at radius 1 is 1.38 bits per heavy atom. The molecule has 7 nitrogen and oxygen atoms in total. The van der Waals surface area contributed by atoms with Gasteiger partial charge >= 0.3 is 12.0 Å². The third-order valence-corrected chi connectivity index (χ3v) is 3.57. The van der Waals surface area contributed by atoms with Gasteiger partial charge in [-0.3, -0.25) is 10.1 Å². The topological polar surface area (TPSA) is 113 Å². The standard InChI is InChI=1S/C14H17N3O4/c1-8(12(18)16-14(15)21)17-6-2-3-9-7-10(13(19)20)4-5-11(9)17/h4-5,7-8H,2-3,6H2,1H3,(H,19,20)(H3,15,16,18,21). The summed E-state index contributed by atoms with van der Waals surface area (Å²) in [4.78, 5) is 35.5. The maximum Gasteiger partial charge on any atom is 0.335 e. The van der Waals surface area contributed by atoms with Crippen LogP contribution < -0.4 is 16.0 Å². The molecule has 0 saturated carbocycles. The molecule has 1 aromatic carbocycles. The molecule has 0 fully saturated rings. The number of hydrogen-bond acceptors (Lipinski definition) is 4. The van der Waals surface area contributed by atoms with Crippen LogP contribution in [0, 0.1) is 0 Å². The van der Waals surface area contributed by atoms with Crippen LogP contribution in [0.1, 0.15) is 29.3 Å². The van der Waals surface area contributed by atoms with E-state index in [4.69, 9.17) is 10.8 Å². The molecule has 1 atom stereocenters. The smallest absolute Gasteiger partial charge is 0.335 e. The molecule has 4 N–H and O–H groups in total. The summed E-state index contributed by atoms with van der Waals surface area (Å²) in [6.07, 6.45) is 1.57. The molecule has 1 heterocycles. The first-order valence-corrected chi connectivity index (χ1v) is 6.63. The summed E-state index contributed by atoms with van der Waals surface area (Å²) in [5.74, 6) is -1.45. The van der Waals surface area contributed by atoms with Crippen LogP contribution in [-0.2, 0) is 11.2 Å². The van der Waals surface area contributed by atoms with E-state index in [9.17, 15) is 14.4 Å². The number of rotatable bonds is 3. The number of urea groups is 1. The van der Waals surface area contributed by atoms with Gasteiger partial charge in [0.25, 0.3) is 0 Å². The summed E-state index contributed by atoms with van der Waals surface area (Å²) in [7, 11) is 0. The van der Waals surface area contributed by atoms with E-state index in [0.717, 1.165) is 24.1 Å². The lowest BCUT2D eigenvalue weighted by atomic mass is 9.98. The van der Waals surface area contributed by atoms with Crippen molar-refractivity contribution in [1.82, 2.24) is 5.32 Å². The molecule has 0 spiro atoms. The second-order valence-electron chi connectivity index (χ2n) is 4.98. The number of benzene rings is 1. The molecule has 0 aromatic heterocycles. The lowest BCUT2D eigenvalue weighted by Crippen LogP contribution is -2.50. The first-order valence-electron chi connectivity index (χ1n) is 6.63. The summed E-state index contributed by atoms with van der Waals surface area (Å²) >= 11 is 0. The van der Waals surface area contributed by atoms with Gasteiger partial charge in [-0.1, -0.05) is 0 Å². The molecule has 112 valence electrons. The summed E-state index contributed by atoms with van der Waals surface area (Å²) < 4.78 is 0. The Bertz CT molecular complexity index is 600. The molecule has 7 heteroatoms. The van der Waals surface area contributed by atoms with Crippen molar-refractivity contribution in [2.45, 2.75) is 25.8 Å². The largest absolute Gasteiger partial charge is 0.478 e. The zero-order valence-corrected chi connectivity index (χ0v) is 11.6. The predicted molar refractivity (Wildman–Crippen MR) is 76.3 cm³/mol. The van der Waals surface area contributed by atoms with Gasteiger partial charge in [-0.2, -0.15) is 0 Å². The van der Waals surface area contributed by atoms with Gasteiger partial charge in [0.2, 0.25) is 5.91 Å². The molecule has 1 aliphatic heterocycles. The van der Waals surface area contributed by atoms with Crippen molar-refractivity contribution >= 4 is 23.6 Å². The van der Waals surface area contributed by atoms with Gasteiger partial charge in [0, 0.05) is 12.2 Å². The first kappa shape index (κ1) is 14.8. The highest BCUT2D eigenvalue weighted by Crippen LogP contribution is 2.29. The maximum absolute atomic E-state index is 11.9. The van der Waals surface area contributed by atoms with Crippen LogP contribution in [0.15, 0.2) is 18.2 Å². The number of hydrogen-bond donors (Lipinski definition) is 3. The van der Waals surface area contributed by atoms with Gasteiger partial charge in [-0.15, -0.1) is 0 Å². The number of carboxylic acids is 1. The highest BCUT2D eigenvalue weighted by molar-refractivity contribution is 5.98. The quantitative estimate of drug-likeness (QED) is 0.759. The maximum atomic E-state index is 11.9. The Hall–Kier alpha value is -2.57. The number of nitrogens with two attached hydrogens (primary N) is 1. The number of carboxylic acid groups (broad SMARTS) is 1. The van der Waals surface area contributed by atoms with E-state index < -0.39 is 23.9 Å². The third kappa shape index (κ3) is 3.13. The molecule has 0 bridgehead atoms. The number of nitrogens with zero attached hydrogens (tertiary/aromatic N) is 1. The molecule has 1 aliphatic rings. The van der Waals surface area contributed by atoms with Crippen LogP contribution in [0.2, 0.25) is 0 Å². The van der Waals surface area contributed by atoms with Crippen molar-refractivity contribution in [3.8, 4) is 0 Å². The number of primary amides is 1. The molecule has 0 saturated heterocycles. The molecular formula is C14H17N3O4. The second-order valence-corrected chi connectivity index (χ2v) is 4.98. The van der Waals surface area contributed by atoms with E-state index >= 15 is 0 Å². The fraction of sp³-hybridized carbons (Fsp3) is 0.357. The molecule has 21 heavy (non-hydrogen) atoms. The number of fused-ring (bicyclic) bond motifs is 1. The van der Waals surface area contributed by atoms with Crippen LogP contribution in [-0.4, -0.2) is 35.6 Å². The van der Waals surface area contributed by atoms with Gasteiger partial charge in [0.05, 0.1) is 5.56 Å². The summed E-state index contributed by atoms with van der Waals surface area (Å²) in [5.41, 5.74) is 6.89. The molecule has 0 radical (unpaired) electrons.